The minimum absolute atomic E-state index is 0.0444. The molecule has 0 aliphatic heterocycles. The molecule has 2 aromatic carbocycles. The maximum Gasteiger partial charge on any atom is 0.411 e. The number of ketones is 6. The van der Waals surface area contributed by atoms with E-state index in [1.54, 1.807) is 0 Å². The lowest BCUT2D eigenvalue weighted by atomic mass is 9.81. The monoisotopic (exact) mass is 779 g/mol. The van der Waals surface area contributed by atoms with Crippen LogP contribution in [-0.2, 0) is 50.2 Å². The zero-order chi connectivity index (χ0) is 38.6. The first-order valence-corrected chi connectivity index (χ1v) is 19.0. The largest absolute Gasteiger partial charge is 0.411 e. The summed E-state index contributed by atoms with van der Waals surface area (Å²) in [5, 5.41) is 10.7. The number of Topliss-reactive ketones (excluding diaryl/α,β-unsaturated/α-hetero) is 6. The number of nitro groups is 1. The molecule has 0 saturated heterocycles. The van der Waals surface area contributed by atoms with Crippen molar-refractivity contribution in [3.8, 4) is 0 Å². The maximum absolute atomic E-state index is 12.7. The lowest BCUT2D eigenvalue weighted by Gasteiger charge is -2.20. The highest BCUT2D eigenvalue weighted by Crippen LogP contribution is 2.33. The third kappa shape index (κ3) is 10.2. The molecule has 2 aliphatic rings. The van der Waals surface area contributed by atoms with Gasteiger partial charge >= 0.3 is 6.18 Å². The van der Waals surface area contributed by atoms with E-state index < -0.39 is 112 Å². The van der Waals surface area contributed by atoms with Gasteiger partial charge in [0, 0.05) is 55.4 Å². The van der Waals surface area contributed by atoms with E-state index in [1.165, 1.54) is 0 Å². The van der Waals surface area contributed by atoms with Crippen LogP contribution in [0.4, 0.5) is 18.9 Å². The van der Waals surface area contributed by atoms with E-state index in [0.29, 0.717) is 12.8 Å². The van der Waals surface area contributed by atoms with Crippen molar-refractivity contribution in [2.45, 2.75) is 61.1 Å². The van der Waals surface area contributed by atoms with E-state index in [9.17, 15) is 68.9 Å². The number of carbonyl (C=O) groups excluding carboxylic acids is 6. The number of nitrogens with zero attached hydrogens (tertiary/aromatic N) is 1. The van der Waals surface area contributed by atoms with Crippen LogP contribution in [0.1, 0.15) is 64.8 Å². The average molecular weight is 780 g/mol. The van der Waals surface area contributed by atoms with Gasteiger partial charge in [0.25, 0.3) is 5.69 Å². The van der Waals surface area contributed by atoms with Crippen molar-refractivity contribution in [3.63, 3.8) is 0 Å². The summed E-state index contributed by atoms with van der Waals surface area (Å²) in [7, 11) is -7.60. The molecule has 2 saturated carbocycles. The Balaban J connectivity index is 0.000000281. The lowest BCUT2D eigenvalue weighted by molar-refractivity contribution is -0.385. The Bertz CT molecular complexity index is 2010. The lowest BCUT2D eigenvalue weighted by Crippen LogP contribution is -2.35. The van der Waals surface area contributed by atoms with E-state index in [-0.39, 0.29) is 41.7 Å². The summed E-state index contributed by atoms with van der Waals surface area (Å²) in [5.41, 5.74) is -1.82. The maximum atomic E-state index is 12.7. The highest BCUT2D eigenvalue weighted by molar-refractivity contribution is 7.91. The van der Waals surface area contributed by atoms with Crippen LogP contribution in [0, 0.1) is 22.0 Å². The van der Waals surface area contributed by atoms with Crippen LogP contribution in [0.3, 0.4) is 0 Å². The van der Waals surface area contributed by atoms with E-state index in [2.05, 4.69) is 4.74 Å². The van der Waals surface area contributed by atoms with Gasteiger partial charge < -0.3 is 4.74 Å². The first-order valence-electron chi connectivity index (χ1n) is 14.8. The van der Waals surface area contributed by atoms with Crippen LogP contribution >= 0.6 is 11.6 Å². The van der Waals surface area contributed by atoms with Gasteiger partial charge in [-0.1, -0.05) is 11.6 Å². The molecule has 2 aliphatic carbocycles. The molecule has 2 aromatic rings. The summed E-state index contributed by atoms with van der Waals surface area (Å²) in [5.74, 6) is -7.20. The minimum Gasteiger partial charge on any atom is -0.367 e. The zero-order valence-electron chi connectivity index (χ0n) is 26.8. The molecule has 14 nitrogen and oxygen atoms in total. The Kier molecular flexibility index (Phi) is 12.9. The van der Waals surface area contributed by atoms with Crippen LogP contribution < -0.4 is 0 Å². The van der Waals surface area contributed by atoms with Gasteiger partial charge in [-0.2, -0.15) is 13.2 Å². The third-order valence-electron chi connectivity index (χ3n) is 7.74. The third-order valence-corrected chi connectivity index (χ3v) is 10.5. The van der Waals surface area contributed by atoms with Crippen LogP contribution in [0.25, 0.3) is 0 Å². The Morgan fingerprint density at radius 1 is 0.824 bits per heavy atom. The molecule has 51 heavy (non-hydrogen) atoms. The number of alkyl halides is 3. The van der Waals surface area contributed by atoms with Gasteiger partial charge in [0.1, 0.15) is 18.4 Å². The fraction of sp³-hybridized carbons (Fsp3) is 0.419. The van der Waals surface area contributed by atoms with Crippen molar-refractivity contribution in [1.29, 1.82) is 0 Å². The van der Waals surface area contributed by atoms with Crippen molar-refractivity contribution in [1.82, 2.24) is 0 Å². The van der Waals surface area contributed by atoms with Gasteiger partial charge in [-0.15, -0.1) is 0 Å². The van der Waals surface area contributed by atoms with Crippen LogP contribution in [0.2, 0.25) is 5.02 Å². The quantitative estimate of drug-likeness (QED) is 0.144. The molecule has 0 unspecified atom stereocenters. The van der Waals surface area contributed by atoms with Gasteiger partial charge in [-0.3, -0.25) is 38.9 Å². The first kappa shape index (κ1) is 41.2. The first-order chi connectivity index (χ1) is 23.5. The molecule has 276 valence electrons. The molecule has 0 N–H and O–H groups in total. The van der Waals surface area contributed by atoms with E-state index in [0.717, 1.165) is 42.8 Å². The number of benzene rings is 2. The number of hydrogen-bond donors (Lipinski definition) is 0. The smallest absolute Gasteiger partial charge is 0.367 e. The van der Waals surface area contributed by atoms with Gasteiger partial charge in [-0.05, 0) is 37.1 Å². The summed E-state index contributed by atoms with van der Waals surface area (Å²) in [6.45, 7) is -2.47. The van der Waals surface area contributed by atoms with E-state index in [4.69, 9.17) is 11.6 Å². The summed E-state index contributed by atoms with van der Waals surface area (Å²) in [4.78, 5) is 82.2. The summed E-state index contributed by atoms with van der Waals surface area (Å²) in [6.07, 6.45) is -2.04. The van der Waals surface area contributed by atoms with Crippen LogP contribution in [0.5, 0.6) is 0 Å². The van der Waals surface area contributed by atoms with E-state index >= 15 is 0 Å². The number of halogens is 4. The highest BCUT2D eigenvalue weighted by Gasteiger charge is 2.40. The van der Waals surface area contributed by atoms with Gasteiger partial charge in [0.15, 0.2) is 54.4 Å². The Hall–Kier alpha value is -4.20. The second-order valence-electron chi connectivity index (χ2n) is 11.7. The molecule has 0 aromatic heterocycles. The minimum atomic E-state index is -4.65. The molecule has 0 atom stereocenters. The van der Waals surface area contributed by atoms with Crippen LogP contribution in [0.15, 0.2) is 40.1 Å². The Morgan fingerprint density at radius 2 is 1.27 bits per heavy atom. The molecule has 0 amide bonds. The highest BCUT2D eigenvalue weighted by atomic mass is 35.5. The number of nitro benzene ring substituents is 1. The van der Waals surface area contributed by atoms with Crippen molar-refractivity contribution >= 4 is 71.7 Å². The van der Waals surface area contributed by atoms with Crippen molar-refractivity contribution in [2.75, 3.05) is 19.1 Å². The molecule has 0 bridgehead atoms. The van der Waals surface area contributed by atoms with Crippen molar-refractivity contribution < 1.29 is 68.4 Å². The standard InChI is InChI=1S/C17H16ClF3O6S.C14H13NO7S/c1-28(25,26)13-6-5-9(15(18)10(13)7-27-8-17(19,20)21)16(24)14-11(22)3-2-4-12(14)23;1-23(21,22)8-5-6-9(10(7-8)15(19)20)14(18)13-11(16)3-2-4-12(13)17/h5-6,14H,2-4,7-8H2,1H3;5-7,13H,2-4H2,1H3. The SMILES string of the molecule is CS(=O)(=O)c1ccc(C(=O)C2C(=O)CCCC2=O)c(Cl)c1COCC(F)(F)F.CS(=O)(=O)c1ccc(C(=O)C2C(=O)CCCC2=O)c([N+](=O)[O-])c1. The molecule has 0 heterocycles. The number of carbonyl (C=O) groups is 6. The van der Waals surface area contributed by atoms with Gasteiger partial charge in [0.2, 0.25) is 0 Å². The predicted molar refractivity (Wildman–Crippen MR) is 170 cm³/mol. The zero-order valence-corrected chi connectivity index (χ0v) is 29.2. The molecular formula is C31H29ClF3NO13S2. The fourth-order valence-electron chi connectivity index (χ4n) is 5.35. The Labute approximate surface area is 293 Å². The molecule has 4 rings (SSSR count). The second-order valence-corrected chi connectivity index (χ2v) is 16.0. The van der Waals surface area contributed by atoms with Crippen LogP contribution in [-0.4, -0.2) is 81.8 Å². The summed E-state index contributed by atoms with van der Waals surface area (Å²) >= 11 is 6.11. The van der Waals surface area contributed by atoms with E-state index in [1.807, 2.05) is 0 Å². The summed E-state index contributed by atoms with van der Waals surface area (Å²) < 4.78 is 88.3. The van der Waals surface area contributed by atoms with Gasteiger partial charge in [0.05, 0.1) is 31.9 Å². The normalized spacial score (nSPS) is 16.4. The second kappa shape index (κ2) is 16.0. The van der Waals surface area contributed by atoms with Crippen molar-refractivity contribution in [2.24, 2.45) is 11.8 Å². The molecule has 2 fully saturated rings. The average Bonchev–Trinajstić information content (AvgIpc) is 3.00. The number of ether oxygens (including phenoxy) is 1. The predicted octanol–water partition coefficient (Wildman–Crippen LogP) is 4.06. The number of sulfone groups is 2. The molecule has 0 radical (unpaired) electrons. The molecule has 20 heteroatoms. The van der Waals surface area contributed by atoms with Crippen molar-refractivity contribution in [3.05, 3.63) is 62.2 Å². The fourth-order valence-corrected chi connectivity index (χ4v) is 7.29. The molecular weight excluding hydrogens is 751 g/mol. The van der Waals surface area contributed by atoms with Gasteiger partial charge in [-0.25, -0.2) is 16.8 Å². The summed E-state index contributed by atoms with van der Waals surface area (Å²) in [6, 6.07) is 4.84. The Morgan fingerprint density at radius 3 is 1.69 bits per heavy atom. The topological polar surface area (TPSA) is 223 Å². The number of hydrogen-bond acceptors (Lipinski definition) is 13. The number of rotatable bonds is 10. The molecule has 0 spiro atoms.